The topological polar surface area (TPSA) is 40.6 Å². The highest BCUT2D eigenvalue weighted by Crippen LogP contribution is 2.20. The van der Waals surface area contributed by atoms with E-state index in [1.165, 1.54) is 9.80 Å². The van der Waals surface area contributed by atoms with E-state index in [0.29, 0.717) is 24.6 Å². The summed E-state index contributed by atoms with van der Waals surface area (Å²) in [5, 5.41) is 0.319. The van der Waals surface area contributed by atoms with Crippen LogP contribution in [0.2, 0.25) is 0 Å². The van der Waals surface area contributed by atoms with Gasteiger partial charge in [-0.15, -0.1) is 0 Å². The lowest BCUT2D eigenvalue weighted by atomic mass is 9.95. The van der Waals surface area contributed by atoms with Gasteiger partial charge in [0.1, 0.15) is 0 Å². The van der Waals surface area contributed by atoms with Gasteiger partial charge in [-0.2, -0.15) is 0 Å². The summed E-state index contributed by atoms with van der Waals surface area (Å²) in [4.78, 5) is 25.2. The van der Waals surface area contributed by atoms with Gasteiger partial charge in [-0.1, -0.05) is 20.8 Å². The molecule has 1 heterocycles. The summed E-state index contributed by atoms with van der Waals surface area (Å²) in [6.45, 7) is 6.52. The lowest BCUT2D eigenvalue weighted by Gasteiger charge is -2.25. The highest BCUT2D eigenvalue weighted by molar-refractivity contribution is 7.80. The number of nitrogens with zero attached hydrogens (tertiary/aromatic N) is 2. The van der Waals surface area contributed by atoms with Crippen LogP contribution in [0.1, 0.15) is 20.8 Å². The molecule has 0 radical (unpaired) electrons. The monoisotopic (exact) mass is 214 g/mol. The molecule has 14 heavy (non-hydrogen) atoms. The molecule has 1 saturated heterocycles. The number of hydrogen-bond acceptors (Lipinski definition) is 3. The molecule has 0 aromatic heterocycles. The predicted octanol–water partition coefficient (Wildman–Crippen LogP) is 0.618. The van der Waals surface area contributed by atoms with Crippen molar-refractivity contribution in [2.24, 2.45) is 5.41 Å². The third kappa shape index (κ3) is 1.92. The van der Waals surface area contributed by atoms with Crippen molar-refractivity contribution in [3.05, 3.63) is 0 Å². The van der Waals surface area contributed by atoms with E-state index in [1.54, 1.807) is 0 Å². The smallest absolute Gasteiger partial charge is 0.234 e. The lowest BCUT2D eigenvalue weighted by molar-refractivity contribution is -0.134. The summed E-state index contributed by atoms with van der Waals surface area (Å²) in [5.41, 5.74) is -0.455. The Kier molecular flexibility index (Phi) is 2.89. The van der Waals surface area contributed by atoms with Gasteiger partial charge in [0.15, 0.2) is 5.11 Å². The van der Waals surface area contributed by atoms with Crippen LogP contribution in [0.4, 0.5) is 0 Å². The first kappa shape index (κ1) is 11.1. The van der Waals surface area contributed by atoms with Crippen LogP contribution < -0.4 is 0 Å². The van der Waals surface area contributed by atoms with Crippen LogP contribution in [0.15, 0.2) is 0 Å². The first-order valence-corrected chi connectivity index (χ1v) is 4.86. The van der Waals surface area contributed by atoms with Gasteiger partial charge in [0.05, 0.1) is 0 Å². The van der Waals surface area contributed by atoms with Gasteiger partial charge in [-0.05, 0) is 12.2 Å². The number of hydrogen-bond donors (Lipinski definition) is 0. The molecule has 1 rings (SSSR count). The molecule has 0 N–H and O–H groups in total. The second-order valence-corrected chi connectivity index (χ2v) is 4.65. The Morgan fingerprint density at radius 3 is 2.36 bits per heavy atom. The molecule has 0 atom stereocenters. The second-order valence-electron chi connectivity index (χ2n) is 4.29. The summed E-state index contributed by atoms with van der Waals surface area (Å²) >= 11 is 5.01. The summed E-state index contributed by atoms with van der Waals surface area (Å²) in [5.74, 6) is -0.0353. The minimum atomic E-state index is -0.455. The van der Waals surface area contributed by atoms with Crippen molar-refractivity contribution in [2.45, 2.75) is 20.8 Å². The average molecular weight is 214 g/mol. The molecular weight excluding hydrogens is 200 g/mol. The maximum atomic E-state index is 11.8. The molecule has 0 bridgehead atoms. The maximum absolute atomic E-state index is 11.8. The number of thiocarbonyl (C=S) groups is 1. The first-order valence-electron chi connectivity index (χ1n) is 4.46. The summed E-state index contributed by atoms with van der Waals surface area (Å²) in [7, 11) is 0. The molecule has 5 heteroatoms. The van der Waals surface area contributed by atoms with Crippen molar-refractivity contribution in [1.82, 2.24) is 9.80 Å². The first-order chi connectivity index (χ1) is 6.38. The van der Waals surface area contributed by atoms with Gasteiger partial charge in [0.2, 0.25) is 12.3 Å². The fraction of sp³-hybridized carbons (Fsp3) is 0.667. The van der Waals surface area contributed by atoms with E-state index in [0.717, 1.165) is 0 Å². The van der Waals surface area contributed by atoms with Crippen LogP contribution in [0, 0.1) is 5.41 Å². The molecule has 0 unspecified atom stereocenters. The molecule has 4 nitrogen and oxygen atoms in total. The molecule has 0 aliphatic carbocycles. The average Bonchev–Trinajstić information content (AvgIpc) is 2.43. The van der Waals surface area contributed by atoms with Crippen LogP contribution in [0.25, 0.3) is 0 Å². The van der Waals surface area contributed by atoms with Crippen LogP contribution >= 0.6 is 12.2 Å². The predicted molar refractivity (Wildman–Crippen MR) is 56.5 cm³/mol. The normalized spacial score (nSPS) is 17.5. The zero-order valence-corrected chi connectivity index (χ0v) is 9.43. The van der Waals surface area contributed by atoms with Gasteiger partial charge in [0.25, 0.3) is 0 Å². The van der Waals surface area contributed by atoms with E-state index >= 15 is 0 Å². The van der Waals surface area contributed by atoms with Crippen LogP contribution in [0.5, 0.6) is 0 Å². The van der Waals surface area contributed by atoms with Crippen LogP contribution in [-0.4, -0.2) is 40.3 Å². The van der Waals surface area contributed by atoms with Crippen LogP contribution in [-0.2, 0) is 9.59 Å². The van der Waals surface area contributed by atoms with E-state index < -0.39 is 5.41 Å². The van der Waals surface area contributed by atoms with Crippen molar-refractivity contribution >= 4 is 29.6 Å². The van der Waals surface area contributed by atoms with E-state index in [9.17, 15) is 9.59 Å². The minimum absolute atomic E-state index is 0.0353. The third-order valence-corrected chi connectivity index (χ3v) is 2.51. The number of amides is 2. The zero-order chi connectivity index (χ0) is 10.9. The molecule has 0 spiro atoms. The number of carbonyl (C=O) groups excluding carboxylic acids is 2. The Hall–Kier alpha value is -0.970. The summed E-state index contributed by atoms with van der Waals surface area (Å²) in [6.07, 6.45) is 0.665. The van der Waals surface area contributed by atoms with E-state index in [1.807, 2.05) is 20.8 Å². The third-order valence-electron chi connectivity index (χ3n) is 2.06. The SMILES string of the molecule is CC(C)(C)C(=O)N1CCN(C=O)C1=S. The summed E-state index contributed by atoms with van der Waals surface area (Å²) < 4.78 is 0. The quantitative estimate of drug-likeness (QED) is 0.474. The number of carbonyl (C=O) groups is 2. The summed E-state index contributed by atoms with van der Waals surface area (Å²) in [6, 6.07) is 0. The molecule has 0 saturated carbocycles. The van der Waals surface area contributed by atoms with Crippen molar-refractivity contribution in [1.29, 1.82) is 0 Å². The van der Waals surface area contributed by atoms with Crippen molar-refractivity contribution < 1.29 is 9.59 Å². The van der Waals surface area contributed by atoms with Crippen LogP contribution in [0.3, 0.4) is 0 Å². The van der Waals surface area contributed by atoms with E-state index in [2.05, 4.69) is 0 Å². The van der Waals surface area contributed by atoms with Crippen molar-refractivity contribution in [3.8, 4) is 0 Å². The Labute approximate surface area is 88.9 Å². The van der Waals surface area contributed by atoms with Gasteiger partial charge < -0.3 is 0 Å². The molecule has 78 valence electrons. The van der Waals surface area contributed by atoms with Gasteiger partial charge >= 0.3 is 0 Å². The Bertz CT molecular complexity index is 283. The minimum Gasteiger partial charge on any atom is -0.290 e. The van der Waals surface area contributed by atoms with Crippen molar-refractivity contribution in [3.63, 3.8) is 0 Å². The van der Waals surface area contributed by atoms with E-state index in [4.69, 9.17) is 12.2 Å². The second kappa shape index (κ2) is 3.65. The fourth-order valence-electron chi connectivity index (χ4n) is 1.25. The van der Waals surface area contributed by atoms with Gasteiger partial charge in [-0.25, -0.2) is 0 Å². The molecule has 1 fully saturated rings. The Morgan fingerprint density at radius 1 is 1.43 bits per heavy atom. The molecular formula is C9H14N2O2S. The van der Waals surface area contributed by atoms with E-state index in [-0.39, 0.29) is 5.91 Å². The lowest BCUT2D eigenvalue weighted by Crippen LogP contribution is -2.41. The zero-order valence-electron chi connectivity index (χ0n) is 8.61. The van der Waals surface area contributed by atoms with Gasteiger partial charge in [-0.3, -0.25) is 19.4 Å². The standard InChI is InChI=1S/C9H14N2O2S/c1-9(2,3)7(13)11-5-4-10(6-12)8(11)14/h6H,4-5H2,1-3H3. The molecule has 1 aliphatic rings. The highest BCUT2D eigenvalue weighted by atomic mass is 32.1. The molecule has 1 aliphatic heterocycles. The molecule has 0 aromatic rings. The fourth-order valence-corrected chi connectivity index (χ4v) is 1.55. The largest absolute Gasteiger partial charge is 0.290 e. The highest BCUT2D eigenvalue weighted by Gasteiger charge is 2.35. The Balaban J connectivity index is 2.78. The molecule has 2 amide bonds. The Morgan fingerprint density at radius 2 is 2.00 bits per heavy atom. The maximum Gasteiger partial charge on any atom is 0.234 e. The van der Waals surface area contributed by atoms with Gasteiger partial charge in [0, 0.05) is 18.5 Å². The number of rotatable bonds is 1. The molecule has 0 aromatic carbocycles. The van der Waals surface area contributed by atoms with Crippen molar-refractivity contribution in [2.75, 3.05) is 13.1 Å².